The lowest BCUT2D eigenvalue weighted by Gasteiger charge is -2.25. The maximum atomic E-state index is 5.50. The Bertz CT molecular complexity index is 710. The molecule has 2 fully saturated rings. The quantitative estimate of drug-likeness (QED) is 0.754. The Balaban J connectivity index is 1.33. The van der Waals surface area contributed by atoms with Crippen molar-refractivity contribution in [3.05, 3.63) is 23.4 Å². The molecule has 0 bridgehead atoms. The van der Waals surface area contributed by atoms with E-state index in [1.165, 1.54) is 12.8 Å². The van der Waals surface area contributed by atoms with Crippen LogP contribution in [-0.2, 0) is 13.0 Å². The lowest BCUT2D eigenvalue weighted by atomic mass is 10.2. The molecular weight excluding hydrogens is 320 g/mol. The molecule has 25 heavy (non-hydrogen) atoms. The first-order valence-corrected chi connectivity index (χ1v) is 9.23. The summed E-state index contributed by atoms with van der Waals surface area (Å²) >= 11 is 0. The van der Waals surface area contributed by atoms with Crippen molar-refractivity contribution in [2.45, 2.75) is 64.1 Å². The average Bonchev–Trinajstić information content (AvgIpc) is 3.07. The maximum absolute atomic E-state index is 5.50. The second-order valence-electron chi connectivity index (χ2n) is 7.25. The summed E-state index contributed by atoms with van der Waals surface area (Å²) in [6.07, 6.45) is 4.28. The molecule has 1 aliphatic heterocycles. The van der Waals surface area contributed by atoms with Gasteiger partial charge in [0.1, 0.15) is 0 Å². The van der Waals surface area contributed by atoms with Gasteiger partial charge in [-0.1, -0.05) is 17.2 Å². The van der Waals surface area contributed by atoms with E-state index in [1.54, 1.807) is 0 Å². The zero-order chi connectivity index (χ0) is 17.4. The third-order valence-corrected chi connectivity index (χ3v) is 5.33. The number of hydrogen-bond donors (Lipinski definition) is 0. The first-order chi connectivity index (χ1) is 12.1. The summed E-state index contributed by atoms with van der Waals surface area (Å²) in [7, 11) is 2.12. The SMILES string of the molecule is CCc1nc(CN(C)[C@H]2CCN([C@H](C)c3nc(C4CC4)no3)C2)no1. The second-order valence-corrected chi connectivity index (χ2v) is 7.25. The summed E-state index contributed by atoms with van der Waals surface area (Å²) < 4.78 is 10.7. The van der Waals surface area contributed by atoms with Crippen LogP contribution in [0.25, 0.3) is 0 Å². The lowest BCUT2D eigenvalue weighted by molar-refractivity contribution is 0.177. The number of rotatable bonds is 7. The van der Waals surface area contributed by atoms with Crippen LogP contribution in [0.1, 0.15) is 68.5 Å². The minimum absolute atomic E-state index is 0.162. The molecule has 0 amide bonds. The van der Waals surface area contributed by atoms with E-state index in [-0.39, 0.29) is 6.04 Å². The molecule has 2 aromatic heterocycles. The Kier molecular flexibility index (Phi) is 4.56. The molecule has 1 saturated heterocycles. The van der Waals surface area contributed by atoms with Gasteiger partial charge in [-0.2, -0.15) is 9.97 Å². The van der Waals surface area contributed by atoms with E-state index in [2.05, 4.69) is 44.1 Å². The van der Waals surface area contributed by atoms with E-state index in [0.717, 1.165) is 43.5 Å². The Morgan fingerprint density at radius 1 is 1.20 bits per heavy atom. The standard InChI is InChI=1S/C17H26N6O2/c1-4-15-18-14(20-24-15)10-22(3)13-7-8-23(9-13)11(2)17-19-16(21-25-17)12-5-6-12/h11-13H,4-10H2,1-3H3/t11-,13+/m1/s1. The smallest absolute Gasteiger partial charge is 0.243 e. The van der Waals surface area contributed by atoms with Gasteiger partial charge in [0.2, 0.25) is 11.8 Å². The molecular formula is C17H26N6O2. The molecule has 0 radical (unpaired) electrons. The van der Waals surface area contributed by atoms with Crippen LogP contribution in [-0.4, -0.2) is 56.3 Å². The van der Waals surface area contributed by atoms with Gasteiger partial charge in [-0.3, -0.25) is 9.80 Å². The van der Waals surface area contributed by atoms with Gasteiger partial charge in [-0.15, -0.1) is 0 Å². The van der Waals surface area contributed by atoms with Gasteiger partial charge in [-0.25, -0.2) is 0 Å². The predicted octanol–water partition coefficient (Wildman–Crippen LogP) is 2.16. The molecule has 0 spiro atoms. The largest absolute Gasteiger partial charge is 0.339 e. The van der Waals surface area contributed by atoms with Gasteiger partial charge in [0.25, 0.3) is 0 Å². The van der Waals surface area contributed by atoms with Crippen LogP contribution in [0.2, 0.25) is 0 Å². The molecule has 0 unspecified atom stereocenters. The summed E-state index contributed by atoms with van der Waals surface area (Å²) in [5, 5.41) is 8.19. The van der Waals surface area contributed by atoms with Gasteiger partial charge in [-0.05, 0) is 33.2 Å². The van der Waals surface area contributed by atoms with Crippen LogP contribution in [0.15, 0.2) is 9.05 Å². The van der Waals surface area contributed by atoms with Crippen molar-refractivity contribution in [3.8, 4) is 0 Å². The van der Waals surface area contributed by atoms with Crippen LogP contribution in [0, 0.1) is 0 Å². The highest BCUT2D eigenvalue weighted by Gasteiger charge is 2.34. The second kappa shape index (κ2) is 6.84. The van der Waals surface area contributed by atoms with Crippen LogP contribution in [0.3, 0.4) is 0 Å². The van der Waals surface area contributed by atoms with Gasteiger partial charge in [0.05, 0.1) is 12.6 Å². The molecule has 3 heterocycles. The van der Waals surface area contributed by atoms with Crippen molar-refractivity contribution in [2.24, 2.45) is 0 Å². The highest BCUT2D eigenvalue weighted by atomic mass is 16.5. The van der Waals surface area contributed by atoms with Crippen LogP contribution in [0.4, 0.5) is 0 Å². The highest BCUT2D eigenvalue weighted by molar-refractivity contribution is 5.05. The molecule has 1 aliphatic carbocycles. The highest BCUT2D eigenvalue weighted by Crippen LogP contribution is 2.38. The van der Waals surface area contributed by atoms with E-state index >= 15 is 0 Å². The molecule has 2 aromatic rings. The van der Waals surface area contributed by atoms with Gasteiger partial charge < -0.3 is 9.05 Å². The summed E-state index contributed by atoms with van der Waals surface area (Å²) in [5.41, 5.74) is 0. The number of likely N-dealkylation sites (N-methyl/N-ethyl adjacent to an activating group) is 1. The van der Waals surface area contributed by atoms with Crippen LogP contribution in [0.5, 0.6) is 0 Å². The molecule has 0 aromatic carbocycles. The molecule has 2 atom stereocenters. The van der Waals surface area contributed by atoms with E-state index in [9.17, 15) is 0 Å². The molecule has 2 aliphatic rings. The fraction of sp³-hybridized carbons (Fsp3) is 0.765. The Labute approximate surface area is 147 Å². The number of aromatic nitrogens is 4. The molecule has 4 rings (SSSR count). The van der Waals surface area contributed by atoms with Crippen LogP contribution < -0.4 is 0 Å². The van der Waals surface area contributed by atoms with E-state index in [4.69, 9.17) is 9.05 Å². The van der Waals surface area contributed by atoms with E-state index < -0.39 is 0 Å². The van der Waals surface area contributed by atoms with E-state index in [0.29, 0.717) is 24.4 Å². The Morgan fingerprint density at radius 2 is 2.04 bits per heavy atom. The average molecular weight is 346 g/mol. The Morgan fingerprint density at radius 3 is 2.76 bits per heavy atom. The third kappa shape index (κ3) is 3.59. The summed E-state index contributed by atoms with van der Waals surface area (Å²) in [6.45, 7) is 6.90. The molecule has 8 heteroatoms. The zero-order valence-corrected chi connectivity index (χ0v) is 15.2. The van der Waals surface area contributed by atoms with Gasteiger partial charge in [0, 0.05) is 31.5 Å². The lowest BCUT2D eigenvalue weighted by Crippen LogP contribution is -2.35. The zero-order valence-electron chi connectivity index (χ0n) is 15.2. The fourth-order valence-corrected chi connectivity index (χ4v) is 3.41. The molecule has 1 saturated carbocycles. The number of aryl methyl sites for hydroxylation is 1. The minimum Gasteiger partial charge on any atom is -0.339 e. The summed E-state index contributed by atoms with van der Waals surface area (Å²) in [4.78, 5) is 13.7. The summed E-state index contributed by atoms with van der Waals surface area (Å²) in [6, 6.07) is 0.632. The van der Waals surface area contributed by atoms with Crippen LogP contribution >= 0.6 is 0 Å². The normalized spacial score (nSPS) is 22.8. The van der Waals surface area contributed by atoms with Gasteiger partial charge in [0.15, 0.2) is 11.6 Å². The topological polar surface area (TPSA) is 84.3 Å². The van der Waals surface area contributed by atoms with Crippen molar-refractivity contribution < 1.29 is 9.05 Å². The third-order valence-electron chi connectivity index (χ3n) is 5.33. The first kappa shape index (κ1) is 16.7. The van der Waals surface area contributed by atoms with Crippen molar-refractivity contribution >= 4 is 0 Å². The monoisotopic (exact) mass is 346 g/mol. The van der Waals surface area contributed by atoms with Crippen molar-refractivity contribution in [1.82, 2.24) is 30.1 Å². The van der Waals surface area contributed by atoms with Crippen molar-refractivity contribution in [3.63, 3.8) is 0 Å². The minimum atomic E-state index is 0.162. The summed E-state index contributed by atoms with van der Waals surface area (Å²) in [5.74, 6) is 3.63. The number of hydrogen-bond acceptors (Lipinski definition) is 8. The molecule has 0 N–H and O–H groups in total. The van der Waals surface area contributed by atoms with E-state index in [1.807, 2.05) is 6.92 Å². The van der Waals surface area contributed by atoms with Gasteiger partial charge >= 0.3 is 0 Å². The fourth-order valence-electron chi connectivity index (χ4n) is 3.41. The predicted molar refractivity (Wildman–Crippen MR) is 89.8 cm³/mol. The molecule has 8 nitrogen and oxygen atoms in total. The van der Waals surface area contributed by atoms with Crippen molar-refractivity contribution in [2.75, 3.05) is 20.1 Å². The number of likely N-dealkylation sites (tertiary alicyclic amines) is 1. The number of nitrogens with zero attached hydrogens (tertiary/aromatic N) is 6. The van der Waals surface area contributed by atoms with Crippen molar-refractivity contribution in [1.29, 1.82) is 0 Å². The maximum Gasteiger partial charge on any atom is 0.243 e. The Hall–Kier alpha value is -1.80. The molecule has 136 valence electrons. The first-order valence-electron chi connectivity index (χ1n) is 9.23.